The van der Waals surface area contributed by atoms with Crippen LogP contribution in [0.15, 0.2) is 42.9 Å². The average Bonchev–Trinajstić information content (AvgIpc) is 3.25. The van der Waals surface area contributed by atoms with E-state index >= 15 is 0 Å². The van der Waals surface area contributed by atoms with Crippen LogP contribution in [0.1, 0.15) is 5.56 Å². The number of nitrogens with one attached hydrogen (secondary N) is 1. The third kappa shape index (κ3) is 4.14. The summed E-state index contributed by atoms with van der Waals surface area (Å²) in [7, 11) is 0. The molecule has 10 heteroatoms. The lowest BCUT2D eigenvalue weighted by molar-refractivity contribution is 0.174. The van der Waals surface area contributed by atoms with Crippen molar-refractivity contribution in [1.82, 2.24) is 19.9 Å². The number of fused-ring (bicyclic) bond motifs is 1. The van der Waals surface area contributed by atoms with Gasteiger partial charge < -0.3 is 25.4 Å². The molecular weight excluding hydrogens is 418 g/mol. The number of nitrogens with zero attached hydrogens (tertiary/aromatic N) is 5. The molecule has 3 aromatic rings. The minimum absolute atomic E-state index is 0.293. The Labute approximate surface area is 184 Å². The zero-order valence-electron chi connectivity index (χ0n) is 16.8. The van der Waals surface area contributed by atoms with Gasteiger partial charge in [-0.3, -0.25) is 4.90 Å². The van der Waals surface area contributed by atoms with Crippen molar-refractivity contribution in [2.24, 2.45) is 0 Å². The van der Waals surface area contributed by atoms with Crippen LogP contribution >= 0.6 is 11.6 Å². The van der Waals surface area contributed by atoms with Crippen molar-refractivity contribution in [3.63, 3.8) is 0 Å². The van der Waals surface area contributed by atoms with Gasteiger partial charge in [-0.15, -0.1) is 0 Å². The number of hydrogen-bond acceptors (Lipinski definition) is 9. The van der Waals surface area contributed by atoms with Gasteiger partial charge in [-0.05, 0) is 29.8 Å². The van der Waals surface area contributed by atoms with Crippen LogP contribution in [-0.4, -0.2) is 52.8 Å². The van der Waals surface area contributed by atoms with Crippen LogP contribution in [0.25, 0.3) is 0 Å². The van der Waals surface area contributed by atoms with Crippen molar-refractivity contribution in [2.45, 2.75) is 6.54 Å². The van der Waals surface area contributed by atoms with E-state index in [4.69, 9.17) is 26.8 Å². The van der Waals surface area contributed by atoms with E-state index < -0.39 is 0 Å². The van der Waals surface area contributed by atoms with Gasteiger partial charge in [0.25, 0.3) is 0 Å². The highest BCUT2D eigenvalue weighted by Crippen LogP contribution is 2.33. The number of nitrogen functional groups attached to an aromatic ring is 1. The molecule has 0 aliphatic carbocycles. The number of pyridine rings is 1. The summed E-state index contributed by atoms with van der Waals surface area (Å²) in [5, 5.41) is 3.51. The number of anilines is 4. The SMILES string of the molecule is Nc1c(Nc2cccnc2Cl)ncnc1N1CCN(Cc2ccc3c(c2)OCO3)CC1. The summed E-state index contributed by atoms with van der Waals surface area (Å²) >= 11 is 6.14. The van der Waals surface area contributed by atoms with Crippen LogP contribution in [0.2, 0.25) is 5.15 Å². The fourth-order valence-corrected chi connectivity index (χ4v) is 3.93. The molecule has 4 heterocycles. The summed E-state index contributed by atoms with van der Waals surface area (Å²) in [5.74, 6) is 2.87. The molecule has 9 nitrogen and oxygen atoms in total. The van der Waals surface area contributed by atoms with Crippen LogP contribution in [0.3, 0.4) is 0 Å². The summed E-state index contributed by atoms with van der Waals surface area (Å²) in [6.45, 7) is 4.58. The van der Waals surface area contributed by atoms with Gasteiger partial charge in [0.2, 0.25) is 6.79 Å². The van der Waals surface area contributed by atoms with Crippen LogP contribution in [0, 0.1) is 0 Å². The van der Waals surface area contributed by atoms with Crippen LogP contribution in [0.5, 0.6) is 11.5 Å². The lowest BCUT2D eigenvalue weighted by atomic mass is 10.1. The second-order valence-electron chi connectivity index (χ2n) is 7.38. The highest BCUT2D eigenvalue weighted by Gasteiger charge is 2.22. The van der Waals surface area contributed by atoms with E-state index in [1.54, 1.807) is 12.3 Å². The number of ether oxygens (including phenoxy) is 2. The minimum Gasteiger partial charge on any atom is -0.454 e. The van der Waals surface area contributed by atoms with Gasteiger partial charge >= 0.3 is 0 Å². The molecule has 1 fully saturated rings. The van der Waals surface area contributed by atoms with E-state index in [0.717, 1.165) is 50.0 Å². The molecule has 0 saturated carbocycles. The molecule has 0 radical (unpaired) electrons. The van der Waals surface area contributed by atoms with Gasteiger partial charge in [0.15, 0.2) is 28.3 Å². The second-order valence-corrected chi connectivity index (χ2v) is 7.74. The van der Waals surface area contributed by atoms with Crippen molar-refractivity contribution in [1.29, 1.82) is 0 Å². The number of benzene rings is 1. The summed E-state index contributed by atoms with van der Waals surface area (Å²) in [6, 6.07) is 9.73. The molecule has 0 amide bonds. The fourth-order valence-electron chi connectivity index (χ4n) is 3.76. The maximum absolute atomic E-state index is 6.39. The lowest BCUT2D eigenvalue weighted by Gasteiger charge is -2.36. The Hall–Kier alpha value is -3.30. The number of rotatable bonds is 5. The van der Waals surface area contributed by atoms with E-state index in [2.05, 4.69) is 42.2 Å². The largest absolute Gasteiger partial charge is 0.454 e. The molecule has 2 aromatic heterocycles. The third-order valence-corrected chi connectivity index (χ3v) is 5.69. The number of aromatic nitrogens is 3. The lowest BCUT2D eigenvalue weighted by Crippen LogP contribution is -2.46. The number of piperazine rings is 1. The Balaban J connectivity index is 1.24. The Morgan fingerprint density at radius 1 is 1.03 bits per heavy atom. The van der Waals surface area contributed by atoms with Gasteiger partial charge in [-0.2, -0.15) is 0 Å². The molecule has 0 spiro atoms. The predicted molar refractivity (Wildman–Crippen MR) is 119 cm³/mol. The Morgan fingerprint density at radius 2 is 1.87 bits per heavy atom. The first-order chi connectivity index (χ1) is 15.2. The number of nitrogens with two attached hydrogens (primary N) is 1. The van der Waals surface area contributed by atoms with Gasteiger partial charge in [-0.1, -0.05) is 17.7 Å². The molecule has 0 unspecified atom stereocenters. The Bertz CT molecular complexity index is 1090. The van der Waals surface area contributed by atoms with Gasteiger partial charge in [0.05, 0.1) is 5.69 Å². The fraction of sp³-hybridized carbons (Fsp3) is 0.286. The average molecular weight is 440 g/mol. The summed E-state index contributed by atoms with van der Waals surface area (Å²) in [6.07, 6.45) is 3.14. The maximum atomic E-state index is 6.39. The van der Waals surface area contributed by atoms with E-state index in [9.17, 15) is 0 Å². The van der Waals surface area contributed by atoms with Crippen molar-refractivity contribution in [3.8, 4) is 11.5 Å². The van der Waals surface area contributed by atoms with E-state index in [1.807, 2.05) is 12.1 Å². The molecule has 1 aromatic carbocycles. The molecule has 2 aliphatic heterocycles. The minimum atomic E-state index is 0.293. The summed E-state index contributed by atoms with van der Waals surface area (Å²) < 4.78 is 10.9. The first kappa shape index (κ1) is 19.7. The van der Waals surface area contributed by atoms with Crippen molar-refractivity contribution >= 4 is 34.6 Å². The first-order valence-corrected chi connectivity index (χ1v) is 10.4. The monoisotopic (exact) mass is 439 g/mol. The molecule has 1 saturated heterocycles. The first-order valence-electron chi connectivity index (χ1n) is 10.0. The highest BCUT2D eigenvalue weighted by atomic mass is 35.5. The molecular formula is C21H22ClN7O2. The molecule has 0 bridgehead atoms. The third-order valence-electron chi connectivity index (χ3n) is 5.39. The van der Waals surface area contributed by atoms with Crippen LogP contribution in [0.4, 0.5) is 23.0 Å². The van der Waals surface area contributed by atoms with Crippen molar-refractivity contribution in [2.75, 3.05) is 48.9 Å². The van der Waals surface area contributed by atoms with Gasteiger partial charge in [0.1, 0.15) is 12.0 Å². The van der Waals surface area contributed by atoms with E-state index in [0.29, 0.717) is 29.1 Å². The highest BCUT2D eigenvalue weighted by molar-refractivity contribution is 6.32. The number of halogens is 1. The molecule has 3 N–H and O–H groups in total. The summed E-state index contributed by atoms with van der Waals surface area (Å²) in [5.41, 5.74) is 8.74. The van der Waals surface area contributed by atoms with Crippen LogP contribution < -0.4 is 25.4 Å². The Morgan fingerprint density at radius 3 is 2.71 bits per heavy atom. The van der Waals surface area contributed by atoms with Crippen molar-refractivity contribution in [3.05, 3.63) is 53.6 Å². The molecule has 2 aliphatic rings. The molecule has 5 rings (SSSR count). The van der Waals surface area contributed by atoms with Crippen LogP contribution in [-0.2, 0) is 6.54 Å². The van der Waals surface area contributed by atoms with Gasteiger partial charge in [0, 0.05) is 38.9 Å². The van der Waals surface area contributed by atoms with E-state index in [-0.39, 0.29) is 0 Å². The maximum Gasteiger partial charge on any atom is 0.231 e. The number of hydrogen-bond donors (Lipinski definition) is 2. The normalized spacial score (nSPS) is 15.8. The molecule has 160 valence electrons. The topological polar surface area (TPSA) is 102 Å². The second kappa shape index (κ2) is 8.44. The zero-order chi connectivity index (χ0) is 21.2. The van der Waals surface area contributed by atoms with Gasteiger partial charge in [-0.25, -0.2) is 15.0 Å². The quantitative estimate of drug-likeness (QED) is 0.581. The summed E-state index contributed by atoms with van der Waals surface area (Å²) in [4.78, 5) is 17.4. The molecule has 0 atom stereocenters. The standard InChI is InChI=1S/C21H22ClN7O2/c22-19-15(2-1-5-24-19)27-20-18(23)21(26-12-25-20)29-8-6-28(7-9-29)11-14-3-4-16-17(10-14)31-13-30-16/h1-5,10,12H,6-9,11,13,23H2,(H,25,26,27). The Kier molecular flexibility index (Phi) is 5.35. The zero-order valence-corrected chi connectivity index (χ0v) is 17.5. The van der Waals surface area contributed by atoms with Crippen molar-refractivity contribution < 1.29 is 9.47 Å². The smallest absolute Gasteiger partial charge is 0.231 e. The van der Waals surface area contributed by atoms with E-state index in [1.165, 1.54) is 11.9 Å². The molecule has 31 heavy (non-hydrogen) atoms. The predicted octanol–water partition coefficient (Wildman–Crippen LogP) is 2.90.